The molecule has 20 heavy (non-hydrogen) atoms. The molecule has 0 spiro atoms. The molecule has 2 fully saturated rings. The fourth-order valence-electron chi connectivity index (χ4n) is 3.66. The molecule has 6 unspecified atom stereocenters. The van der Waals surface area contributed by atoms with Gasteiger partial charge in [-0.2, -0.15) is 13.2 Å². The number of hydrogen-bond donors (Lipinski definition) is 0. The van der Waals surface area contributed by atoms with Crippen LogP contribution >= 0.6 is 11.6 Å². The summed E-state index contributed by atoms with van der Waals surface area (Å²) in [5.41, 5.74) is 0. The van der Waals surface area contributed by atoms with Crippen LogP contribution in [-0.4, -0.2) is 23.8 Å². The van der Waals surface area contributed by atoms with Crippen molar-refractivity contribution < 1.29 is 17.6 Å². The van der Waals surface area contributed by atoms with E-state index in [9.17, 15) is 17.6 Å². The molecule has 0 aliphatic heterocycles. The number of halogens is 5. The number of rotatable bonds is 1. The average Bonchev–Trinajstić information content (AvgIpc) is 2.40. The summed E-state index contributed by atoms with van der Waals surface area (Å²) in [6, 6.07) is -0.949. The highest BCUT2D eigenvalue weighted by molar-refractivity contribution is 6.21. The van der Waals surface area contributed by atoms with Crippen LogP contribution in [0.2, 0.25) is 0 Å². The van der Waals surface area contributed by atoms with Gasteiger partial charge in [0.25, 0.3) is 0 Å². The fourth-order valence-corrected chi connectivity index (χ4v) is 4.01. The first-order chi connectivity index (χ1) is 9.32. The summed E-state index contributed by atoms with van der Waals surface area (Å²) < 4.78 is 52.4. The molecule has 0 radical (unpaired) electrons. The lowest BCUT2D eigenvalue weighted by Gasteiger charge is -2.39. The fraction of sp³-hybridized carbons (Fsp3) is 0.929. The minimum Gasteiger partial charge on any atom is -0.313 e. The highest BCUT2D eigenvalue weighted by Gasteiger charge is 2.52. The third kappa shape index (κ3) is 3.39. The summed E-state index contributed by atoms with van der Waals surface area (Å²) >= 11 is 5.92. The largest absolute Gasteiger partial charge is 0.399 e. The van der Waals surface area contributed by atoms with E-state index in [1.807, 2.05) is 0 Å². The topological polar surface area (TPSA) is 4.36 Å². The SMILES string of the molecule is [C-]#[N+]C1CCC(C2CCC(F)C(Cl)C2)CC1C(F)(F)F. The average molecular weight is 312 g/mol. The van der Waals surface area contributed by atoms with Crippen LogP contribution in [0.3, 0.4) is 0 Å². The molecule has 2 rings (SSSR count). The van der Waals surface area contributed by atoms with Crippen LogP contribution in [0, 0.1) is 24.3 Å². The number of hydrogen-bond acceptors (Lipinski definition) is 0. The Morgan fingerprint density at radius 1 is 1.00 bits per heavy atom. The molecule has 114 valence electrons. The molecular formula is C14H18ClF4N. The molecule has 1 nitrogen and oxygen atoms in total. The van der Waals surface area contributed by atoms with E-state index in [-0.39, 0.29) is 18.3 Å². The molecule has 0 heterocycles. The quantitative estimate of drug-likeness (QED) is 0.365. The van der Waals surface area contributed by atoms with Crippen molar-refractivity contribution in [3.63, 3.8) is 0 Å². The molecular weight excluding hydrogens is 294 g/mol. The van der Waals surface area contributed by atoms with Gasteiger partial charge in [0, 0.05) is 6.42 Å². The second-order valence-electron chi connectivity index (χ2n) is 6.02. The standard InChI is InChI=1S/C14H18ClF4N/c1-20-13-5-3-8(6-10(13)14(17,18)19)9-2-4-12(16)11(15)7-9/h8-13H,2-7H2. The Morgan fingerprint density at radius 3 is 2.15 bits per heavy atom. The Hall–Kier alpha value is -0.500. The van der Waals surface area contributed by atoms with E-state index < -0.39 is 29.7 Å². The lowest BCUT2D eigenvalue weighted by atomic mass is 9.68. The third-order valence-corrected chi connectivity index (χ3v) is 5.29. The molecule has 0 bridgehead atoms. The first-order valence-corrected chi connectivity index (χ1v) is 7.48. The summed E-state index contributed by atoms with van der Waals surface area (Å²) in [5.74, 6) is -1.54. The van der Waals surface area contributed by atoms with Gasteiger partial charge in [-0.05, 0) is 43.9 Å². The van der Waals surface area contributed by atoms with Crippen molar-refractivity contribution in [2.24, 2.45) is 17.8 Å². The van der Waals surface area contributed by atoms with Crippen molar-refractivity contribution in [3.8, 4) is 0 Å². The van der Waals surface area contributed by atoms with Crippen LogP contribution in [0.1, 0.15) is 38.5 Å². The van der Waals surface area contributed by atoms with Crippen LogP contribution in [-0.2, 0) is 0 Å². The molecule has 0 aromatic carbocycles. The molecule has 2 aliphatic rings. The molecule has 0 aromatic rings. The molecule has 0 amide bonds. The zero-order valence-corrected chi connectivity index (χ0v) is 11.8. The monoisotopic (exact) mass is 311 g/mol. The Bertz CT molecular complexity index is 378. The van der Waals surface area contributed by atoms with Gasteiger partial charge in [0.15, 0.2) is 0 Å². The van der Waals surface area contributed by atoms with E-state index in [4.69, 9.17) is 18.2 Å². The van der Waals surface area contributed by atoms with Crippen molar-refractivity contribution in [2.45, 2.75) is 62.3 Å². The van der Waals surface area contributed by atoms with Crippen LogP contribution in [0.25, 0.3) is 4.85 Å². The van der Waals surface area contributed by atoms with Crippen LogP contribution in [0.5, 0.6) is 0 Å². The van der Waals surface area contributed by atoms with Gasteiger partial charge < -0.3 is 4.85 Å². The Balaban J connectivity index is 2.03. The minimum absolute atomic E-state index is 0.00176. The molecule has 2 saturated carbocycles. The van der Waals surface area contributed by atoms with E-state index in [2.05, 4.69) is 4.85 Å². The van der Waals surface area contributed by atoms with E-state index in [0.29, 0.717) is 32.1 Å². The van der Waals surface area contributed by atoms with Gasteiger partial charge in [-0.3, -0.25) is 0 Å². The Labute approximate surface area is 121 Å². The summed E-state index contributed by atoms with van der Waals surface area (Å²) in [4.78, 5) is 3.15. The predicted octanol–water partition coefficient (Wildman–Crippen LogP) is 5.00. The molecule has 6 heteroatoms. The number of nitrogens with zero attached hydrogens (tertiary/aromatic N) is 1. The van der Waals surface area contributed by atoms with E-state index in [0.717, 1.165) is 0 Å². The van der Waals surface area contributed by atoms with Crippen LogP contribution < -0.4 is 0 Å². The third-order valence-electron chi connectivity index (χ3n) is 4.84. The second kappa shape index (κ2) is 6.09. The van der Waals surface area contributed by atoms with Crippen LogP contribution in [0.4, 0.5) is 17.6 Å². The first-order valence-electron chi connectivity index (χ1n) is 7.04. The van der Waals surface area contributed by atoms with Gasteiger partial charge in [0.05, 0.1) is 5.38 Å². The lowest BCUT2D eigenvalue weighted by Crippen LogP contribution is -2.41. The van der Waals surface area contributed by atoms with E-state index in [1.165, 1.54) is 0 Å². The maximum Gasteiger partial charge on any atom is 0.399 e. The van der Waals surface area contributed by atoms with Gasteiger partial charge in [0.1, 0.15) is 12.1 Å². The second-order valence-corrected chi connectivity index (χ2v) is 6.58. The van der Waals surface area contributed by atoms with E-state index >= 15 is 0 Å². The summed E-state index contributed by atoms with van der Waals surface area (Å²) in [5, 5.41) is -0.573. The van der Waals surface area contributed by atoms with E-state index in [1.54, 1.807) is 0 Å². The molecule has 0 saturated heterocycles. The highest BCUT2D eigenvalue weighted by Crippen LogP contribution is 2.47. The normalized spacial score (nSPS) is 43.0. The molecule has 0 N–H and O–H groups in total. The highest BCUT2D eigenvalue weighted by atomic mass is 35.5. The smallest absolute Gasteiger partial charge is 0.313 e. The first kappa shape index (κ1) is 15.9. The molecule has 0 aromatic heterocycles. The van der Waals surface area contributed by atoms with Crippen molar-refractivity contribution in [1.82, 2.24) is 0 Å². The summed E-state index contributed by atoms with van der Waals surface area (Å²) in [6.07, 6.45) is -3.01. The van der Waals surface area contributed by atoms with Gasteiger partial charge in [-0.25, -0.2) is 11.0 Å². The van der Waals surface area contributed by atoms with Crippen LogP contribution in [0.15, 0.2) is 0 Å². The summed E-state index contributed by atoms with van der Waals surface area (Å²) in [6.45, 7) is 6.93. The van der Waals surface area contributed by atoms with Gasteiger partial charge in [-0.1, -0.05) is 0 Å². The van der Waals surface area contributed by atoms with Gasteiger partial charge >= 0.3 is 6.18 Å². The maximum atomic E-state index is 13.3. The Morgan fingerprint density at radius 2 is 1.60 bits per heavy atom. The maximum absolute atomic E-state index is 13.3. The van der Waals surface area contributed by atoms with Crippen molar-refractivity contribution >= 4 is 11.6 Å². The lowest BCUT2D eigenvalue weighted by molar-refractivity contribution is -0.189. The Kier molecular flexibility index (Phi) is 4.84. The van der Waals surface area contributed by atoms with Gasteiger partial charge in [0.2, 0.25) is 6.04 Å². The zero-order valence-electron chi connectivity index (χ0n) is 11.0. The molecule has 2 aliphatic carbocycles. The predicted molar refractivity (Wildman–Crippen MR) is 69.2 cm³/mol. The molecule has 6 atom stereocenters. The number of alkyl halides is 5. The van der Waals surface area contributed by atoms with Crippen molar-refractivity contribution in [2.75, 3.05) is 0 Å². The van der Waals surface area contributed by atoms with Crippen molar-refractivity contribution in [1.29, 1.82) is 0 Å². The zero-order chi connectivity index (χ0) is 14.9. The van der Waals surface area contributed by atoms with Crippen molar-refractivity contribution in [3.05, 3.63) is 11.4 Å². The summed E-state index contributed by atoms with van der Waals surface area (Å²) in [7, 11) is 0. The van der Waals surface area contributed by atoms with Gasteiger partial charge in [-0.15, -0.1) is 11.6 Å². The minimum atomic E-state index is -4.31.